The number of unbranched alkanes of at least 4 members (excludes halogenated alkanes) is 2. The van der Waals surface area contributed by atoms with E-state index in [9.17, 15) is 26.3 Å². The van der Waals surface area contributed by atoms with Crippen LogP contribution in [0.5, 0.6) is 5.75 Å². The van der Waals surface area contributed by atoms with E-state index in [1.807, 2.05) is 0 Å². The van der Waals surface area contributed by atoms with Crippen LogP contribution in [0.2, 0.25) is 0 Å². The van der Waals surface area contributed by atoms with E-state index in [4.69, 9.17) is 0 Å². The molecule has 0 aliphatic carbocycles. The molecule has 0 saturated carbocycles. The summed E-state index contributed by atoms with van der Waals surface area (Å²) in [5, 5.41) is -0.260. The summed E-state index contributed by atoms with van der Waals surface area (Å²) in [5.74, 6) is -4.94. The van der Waals surface area contributed by atoms with E-state index in [0.717, 1.165) is 37.3 Å². The summed E-state index contributed by atoms with van der Waals surface area (Å²) >= 11 is 0. The third-order valence-corrected chi connectivity index (χ3v) is 4.62. The SMILES string of the molecule is CCCCCc1ccc(-c2ccc3c(F)c(OC(F)(F)F)c(F)cc3c2)c(F)c1. The average molecular weight is 412 g/mol. The summed E-state index contributed by atoms with van der Waals surface area (Å²) < 4.78 is 83.4. The summed E-state index contributed by atoms with van der Waals surface area (Å²) in [4.78, 5) is 0. The van der Waals surface area contributed by atoms with E-state index in [2.05, 4.69) is 11.7 Å². The van der Waals surface area contributed by atoms with Gasteiger partial charge in [0.05, 0.1) is 0 Å². The fourth-order valence-corrected chi connectivity index (χ4v) is 3.22. The molecule has 0 saturated heterocycles. The maximum absolute atomic E-state index is 14.6. The van der Waals surface area contributed by atoms with Gasteiger partial charge in [-0.25, -0.2) is 13.2 Å². The van der Waals surface area contributed by atoms with Crippen LogP contribution in [-0.2, 0) is 6.42 Å². The molecule has 0 amide bonds. The van der Waals surface area contributed by atoms with Crippen LogP contribution in [0.3, 0.4) is 0 Å². The van der Waals surface area contributed by atoms with E-state index in [-0.39, 0.29) is 16.3 Å². The van der Waals surface area contributed by atoms with Crippen molar-refractivity contribution in [1.29, 1.82) is 0 Å². The number of rotatable bonds is 6. The number of halogens is 6. The smallest absolute Gasteiger partial charge is 0.399 e. The summed E-state index contributed by atoms with van der Waals surface area (Å²) in [6.45, 7) is 2.08. The maximum atomic E-state index is 14.6. The number of alkyl halides is 3. The van der Waals surface area contributed by atoms with Crippen molar-refractivity contribution in [2.24, 2.45) is 0 Å². The highest BCUT2D eigenvalue weighted by Crippen LogP contribution is 2.35. The number of fused-ring (bicyclic) bond motifs is 1. The van der Waals surface area contributed by atoms with Gasteiger partial charge >= 0.3 is 6.36 Å². The maximum Gasteiger partial charge on any atom is 0.573 e. The Morgan fingerprint density at radius 2 is 1.62 bits per heavy atom. The molecule has 0 spiro atoms. The normalized spacial score (nSPS) is 11.8. The Balaban J connectivity index is 1.97. The fourth-order valence-electron chi connectivity index (χ4n) is 3.22. The molecule has 0 unspecified atom stereocenters. The Labute approximate surface area is 163 Å². The van der Waals surface area contributed by atoms with Crippen LogP contribution in [0.4, 0.5) is 26.3 Å². The standard InChI is InChI=1S/C22H18F6O/c1-2-3-4-5-13-6-8-16(18(23)10-13)14-7-9-17-15(11-14)12-19(24)21(20(17)25)29-22(26,27)28/h6-12H,2-5H2,1H3. The Morgan fingerprint density at radius 1 is 0.862 bits per heavy atom. The van der Waals surface area contributed by atoms with Crippen molar-refractivity contribution in [2.45, 2.75) is 39.0 Å². The molecule has 29 heavy (non-hydrogen) atoms. The first-order chi connectivity index (χ1) is 13.7. The molecule has 0 radical (unpaired) electrons. The molecular formula is C22H18F6O. The largest absolute Gasteiger partial charge is 0.573 e. The van der Waals surface area contributed by atoms with Gasteiger partial charge in [-0.2, -0.15) is 0 Å². The first-order valence-corrected chi connectivity index (χ1v) is 9.16. The Morgan fingerprint density at radius 3 is 2.28 bits per heavy atom. The van der Waals surface area contributed by atoms with Gasteiger partial charge in [0.15, 0.2) is 11.6 Å². The van der Waals surface area contributed by atoms with E-state index < -0.39 is 29.6 Å². The summed E-state index contributed by atoms with van der Waals surface area (Å²) in [6, 6.07) is 9.42. The second-order valence-electron chi connectivity index (χ2n) is 6.76. The quantitative estimate of drug-likeness (QED) is 0.300. The Hall–Kier alpha value is -2.70. The molecular weight excluding hydrogens is 394 g/mol. The van der Waals surface area contributed by atoms with Crippen molar-refractivity contribution >= 4 is 10.8 Å². The van der Waals surface area contributed by atoms with E-state index in [1.54, 1.807) is 12.1 Å². The predicted molar refractivity (Wildman–Crippen MR) is 99.2 cm³/mol. The molecule has 154 valence electrons. The zero-order chi connectivity index (χ0) is 21.2. The molecule has 1 nitrogen and oxygen atoms in total. The van der Waals surface area contributed by atoms with E-state index >= 15 is 0 Å². The molecule has 3 aromatic rings. The first-order valence-electron chi connectivity index (χ1n) is 9.16. The molecule has 0 aliphatic heterocycles. The summed E-state index contributed by atoms with van der Waals surface area (Å²) in [6.07, 6.45) is -1.42. The van der Waals surface area contributed by atoms with Crippen molar-refractivity contribution in [3.05, 3.63) is 65.5 Å². The highest BCUT2D eigenvalue weighted by molar-refractivity contribution is 5.89. The molecule has 3 rings (SSSR count). The molecule has 0 aromatic heterocycles. The fraction of sp³-hybridized carbons (Fsp3) is 0.273. The van der Waals surface area contributed by atoms with Crippen molar-refractivity contribution in [1.82, 2.24) is 0 Å². The Bertz CT molecular complexity index is 1030. The summed E-state index contributed by atoms with van der Waals surface area (Å²) in [5.41, 5.74) is 1.45. The van der Waals surface area contributed by atoms with Crippen LogP contribution in [0.15, 0.2) is 42.5 Å². The molecule has 3 aromatic carbocycles. The lowest BCUT2D eigenvalue weighted by molar-refractivity contribution is -0.276. The zero-order valence-electron chi connectivity index (χ0n) is 15.5. The molecule has 0 fully saturated rings. The van der Waals surface area contributed by atoms with Gasteiger partial charge in [0, 0.05) is 10.9 Å². The predicted octanol–water partition coefficient (Wildman–Crippen LogP) is 7.56. The second kappa shape index (κ2) is 8.35. The van der Waals surface area contributed by atoms with Gasteiger partial charge in [-0.3, -0.25) is 0 Å². The highest BCUT2D eigenvalue weighted by Gasteiger charge is 2.34. The average Bonchev–Trinajstić information content (AvgIpc) is 2.64. The van der Waals surface area contributed by atoms with Crippen LogP contribution in [-0.4, -0.2) is 6.36 Å². The van der Waals surface area contributed by atoms with Gasteiger partial charge in [-0.05, 0) is 47.6 Å². The number of hydrogen-bond acceptors (Lipinski definition) is 1. The first kappa shape index (κ1) is 21.0. The van der Waals surface area contributed by atoms with Crippen molar-refractivity contribution in [3.63, 3.8) is 0 Å². The highest BCUT2D eigenvalue weighted by atomic mass is 19.4. The minimum absolute atomic E-state index is 0.00144. The van der Waals surface area contributed by atoms with Crippen LogP contribution in [0, 0.1) is 17.5 Å². The lowest BCUT2D eigenvalue weighted by Gasteiger charge is -2.13. The van der Waals surface area contributed by atoms with Gasteiger partial charge in [0.25, 0.3) is 0 Å². The molecule has 7 heteroatoms. The van der Waals surface area contributed by atoms with Gasteiger partial charge in [-0.1, -0.05) is 44.0 Å². The molecule has 0 aliphatic rings. The summed E-state index contributed by atoms with van der Waals surface area (Å²) in [7, 11) is 0. The molecule has 0 N–H and O–H groups in total. The lowest BCUT2D eigenvalue weighted by Crippen LogP contribution is -2.19. The number of benzene rings is 3. The topological polar surface area (TPSA) is 9.23 Å². The van der Waals surface area contributed by atoms with Crippen LogP contribution in [0.25, 0.3) is 21.9 Å². The minimum atomic E-state index is -5.22. The molecule has 0 atom stereocenters. The number of ether oxygens (including phenoxy) is 1. The second-order valence-corrected chi connectivity index (χ2v) is 6.76. The van der Waals surface area contributed by atoms with Crippen molar-refractivity contribution in [2.75, 3.05) is 0 Å². The van der Waals surface area contributed by atoms with Gasteiger partial charge in [0.2, 0.25) is 5.75 Å². The van der Waals surface area contributed by atoms with E-state index in [1.165, 1.54) is 24.3 Å². The van der Waals surface area contributed by atoms with E-state index in [0.29, 0.717) is 5.56 Å². The van der Waals surface area contributed by atoms with Gasteiger partial charge < -0.3 is 4.74 Å². The molecule has 0 bridgehead atoms. The van der Waals surface area contributed by atoms with Gasteiger partial charge in [-0.15, -0.1) is 13.2 Å². The van der Waals surface area contributed by atoms with Crippen molar-refractivity contribution < 1.29 is 31.1 Å². The van der Waals surface area contributed by atoms with Crippen LogP contribution < -0.4 is 4.74 Å². The monoisotopic (exact) mass is 412 g/mol. The number of aryl methyl sites for hydroxylation is 1. The van der Waals surface area contributed by atoms with Crippen LogP contribution >= 0.6 is 0 Å². The van der Waals surface area contributed by atoms with Crippen molar-refractivity contribution in [3.8, 4) is 16.9 Å². The number of hydrogen-bond donors (Lipinski definition) is 0. The third kappa shape index (κ3) is 4.83. The third-order valence-electron chi connectivity index (χ3n) is 4.62. The minimum Gasteiger partial charge on any atom is -0.399 e. The molecule has 0 heterocycles. The zero-order valence-corrected chi connectivity index (χ0v) is 15.5. The lowest BCUT2D eigenvalue weighted by atomic mass is 9.98. The van der Waals surface area contributed by atoms with Gasteiger partial charge in [0.1, 0.15) is 5.82 Å². The van der Waals surface area contributed by atoms with Crippen LogP contribution in [0.1, 0.15) is 31.7 Å². The Kier molecular flexibility index (Phi) is 6.05.